The predicted molar refractivity (Wildman–Crippen MR) is 96.4 cm³/mol. The topological polar surface area (TPSA) is 0 Å². The lowest BCUT2D eigenvalue weighted by Gasteiger charge is -2.09. The highest BCUT2D eigenvalue weighted by molar-refractivity contribution is 7.14. The van der Waals surface area contributed by atoms with Gasteiger partial charge in [-0.15, -0.1) is 34.0 Å². The molecule has 1 aromatic carbocycles. The third-order valence-corrected chi connectivity index (χ3v) is 6.12. The molecule has 0 saturated carbocycles. The number of thiophene rings is 3. The Hall–Kier alpha value is -1.68. The van der Waals surface area contributed by atoms with Crippen LogP contribution in [0.4, 0.5) is 0 Å². The molecular weight excluding hydrogens is 312 g/mol. The first kappa shape index (κ1) is 13.0. The zero-order chi connectivity index (χ0) is 14.1. The summed E-state index contributed by atoms with van der Waals surface area (Å²) in [6, 6.07) is 19.8. The lowest BCUT2D eigenvalue weighted by molar-refractivity contribution is 1.67. The van der Waals surface area contributed by atoms with E-state index in [2.05, 4.69) is 70.7 Å². The molecule has 0 nitrogen and oxygen atoms in total. The Morgan fingerprint density at radius 1 is 0.524 bits per heavy atom. The van der Waals surface area contributed by atoms with Crippen LogP contribution in [0.1, 0.15) is 0 Å². The molecule has 0 amide bonds. The Kier molecular flexibility index (Phi) is 3.47. The summed E-state index contributed by atoms with van der Waals surface area (Å²) in [5, 5.41) is 6.42. The van der Waals surface area contributed by atoms with E-state index in [0.29, 0.717) is 0 Å². The van der Waals surface area contributed by atoms with Gasteiger partial charge in [0.05, 0.1) is 0 Å². The van der Waals surface area contributed by atoms with Crippen molar-refractivity contribution in [2.24, 2.45) is 0 Å². The van der Waals surface area contributed by atoms with E-state index >= 15 is 0 Å². The highest BCUT2D eigenvalue weighted by Crippen LogP contribution is 2.39. The molecule has 3 heterocycles. The number of rotatable bonds is 3. The van der Waals surface area contributed by atoms with Gasteiger partial charge in [-0.1, -0.05) is 30.3 Å². The number of hydrogen-bond acceptors (Lipinski definition) is 3. The SMILES string of the molecule is c1csc(-c2ccc(-c3cccs3)c(-c3cccs3)c2)c1. The van der Waals surface area contributed by atoms with Gasteiger partial charge in [-0.05, 0) is 46.0 Å². The van der Waals surface area contributed by atoms with Crippen molar-refractivity contribution in [3.05, 3.63) is 70.7 Å². The van der Waals surface area contributed by atoms with Gasteiger partial charge < -0.3 is 0 Å². The minimum absolute atomic E-state index is 1.30. The van der Waals surface area contributed by atoms with Crippen molar-refractivity contribution >= 4 is 34.0 Å². The van der Waals surface area contributed by atoms with Gasteiger partial charge >= 0.3 is 0 Å². The van der Waals surface area contributed by atoms with Crippen LogP contribution in [0.15, 0.2) is 70.7 Å². The Labute approximate surface area is 136 Å². The first-order valence-corrected chi connectivity index (χ1v) is 9.31. The summed E-state index contributed by atoms with van der Waals surface area (Å²) in [7, 11) is 0. The van der Waals surface area contributed by atoms with E-state index in [-0.39, 0.29) is 0 Å². The molecule has 21 heavy (non-hydrogen) atoms. The zero-order valence-corrected chi connectivity index (χ0v) is 13.6. The molecule has 0 bridgehead atoms. The normalized spacial score (nSPS) is 10.9. The molecule has 0 radical (unpaired) electrons. The summed E-state index contributed by atoms with van der Waals surface area (Å²) >= 11 is 5.39. The molecule has 0 spiro atoms. The van der Waals surface area contributed by atoms with Crippen LogP contribution < -0.4 is 0 Å². The van der Waals surface area contributed by atoms with Crippen molar-refractivity contribution in [3.63, 3.8) is 0 Å². The Morgan fingerprint density at radius 3 is 1.67 bits per heavy atom. The first-order chi connectivity index (χ1) is 10.4. The smallest absolute Gasteiger partial charge is 0.0349 e. The molecular formula is C18H12S3. The summed E-state index contributed by atoms with van der Waals surface area (Å²) in [4.78, 5) is 3.98. The fourth-order valence-electron chi connectivity index (χ4n) is 2.42. The van der Waals surface area contributed by atoms with Crippen LogP contribution in [0.2, 0.25) is 0 Å². The van der Waals surface area contributed by atoms with E-state index in [1.54, 1.807) is 34.0 Å². The predicted octanol–water partition coefficient (Wildman–Crippen LogP) is 6.87. The number of hydrogen-bond donors (Lipinski definition) is 0. The Morgan fingerprint density at radius 2 is 1.10 bits per heavy atom. The molecule has 0 atom stereocenters. The largest absolute Gasteiger partial charge is 0.144 e. The van der Waals surface area contributed by atoms with E-state index in [4.69, 9.17) is 0 Å². The van der Waals surface area contributed by atoms with E-state index in [0.717, 1.165) is 0 Å². The molecule has 3 aromatic heterocycles. The minimum atomic E-state index is 1.30. The summed E-state index contributed by atoms with van der Waals surface area (Å²) < 4.78 is 0. The second-order valence-corrected chi connectivity index (χ2v) is 7.54. The van der Waals surface area contributed by atoms with Crippen molar-refractivity contribution in [1.82, 2.24) is 0 Å². The van der Waals surface area contributed by atoms with Gasteiger partial charge in [0.15, 0.2) is 0 Å². The summed E-state index contributed by atoms with van der Waals surface area (Å²) in [5.74, 6) is 0. The quantitative estimate of drug-likeness (QED) is 0.385. The van der Waals surface area contributed by atoms with Crippen LogP contribution in [0.3, 0.4) is 0 Å². The van der Waals surface area contributed by atoms with Gasteiger partial charge in [-0.3, -0.25) is 0 Å². The summed E-state index contributed by atoms with van der Waals surface area (Å²) in [5.41, 5.74) is 3.96. The van der Waals surface area contributed by atoms with Gasteiger partial charge in [-0.25, -0.2) is 0 Å². The van der Waals surface area contributed by atoms with E-state index < -0.39 is 0 Å². The molecule has 4 aromatic rings. The molecule has 0 unspecified atom stereocenters. The second kappa shape index (κ2) is 5.60. The zero-order valence-electron chi connectivity index (χ0n) is 11.2. The third kappa shape index (κ3) is 2.48. The second-order valence-electron chi connectivity index (χ2n) is 4.69. The van der Waals surface area contributed by atoms with Crippen LogP contribution >= 0.6 is 34.0 Å². The molecule has 0 saturated heterocycles. The molecule has 0 aliphatic rings. The summed E-state index contributed by atoms with van der Waals surface area (Å²) in [6.45, 7) is 0. The maximum atomic E-state index is 2.33. The summed E-state index contributed by atoms with van der Waals surface area (Å²) in [6.07, 6.45) is 0. The minimum Gasteiger partial charge on any atom is -0.144 e. The van der Waals surface area contributed by atoms with Crippen molar-refractivity contribution < 1.29 is 0 Å². The van der Waals surface area contributed by atoms with E-state index in [1.807, 2.05) is 0 Å². The van der Waals surface area contributed by atoms with Crippen LogP contribution in [0.25, 0.3) is 31.3 Å². The van der Waals surface area contributed by atoms with E-state index in [9.17, 15) is 0 Å². The van der Waals surface area contributed by atoms with Crippen molar-refractivity contribution in [1.29, 1.82) is 0 Å². The van der Waals surface area contributed by atoms with Crippen LogP contribution in [0, 0.1) is 0 Å². The lowest BCUT2D eigenvalue weighted by atomic mass is 10.0. The fourth-order valence-corrected chi connectivity index (χ4v) is 4.67. The first-order valence-electron chi connectivity index (χ1n) is 6.67. The van der Waals surface area contributed by atoms with Crippen molar-refractivity contribution in [3.8, 4) is 31.3 Å². The van der Waals surface area contributed by atoms with Crippen LogP contribution in [-0.4, -0.2) is 0 Å². The average Bonchev–Trinajstić information content (AvgIpc) is 3.28. The molecule has 0 aliphatic heterocycles. The highest BCUT2D eigenvalue weighted by atomic mass is 32.1. The molecule has 0 N–H and O–H groups in total. The third-order valence-electron chi connectivity index (χ3n) is 3.40. The lowest BCUT2D eigenvalue weighted by Crippen LogP contribution is -1.82. The number of benzene rings is 1. The van der Waals surface area contributed by atoms with Gasteiger partial charge in [0, 0.05) is 25.8 Å². The van der Waals surface area contributed by atoms with Crippen LogP contribution in [-0.2, 0) is 0 Å². The molecule has 0 aliphatic carbocycles. The maximum Gasteiger partial charge on any atom is 0.0349 e. The van der Waals surface area contributed by atoms with Crippen LogP contribution in [0.5, 0.6) is 0 Å². The van der Waals surface area contributed by atoms with E-state index in [1.165, 1.54) is 31.3 Å². The van der Waals surface area contributed by atoms with Gasteiger partial charge in [0.2, 0.25) is 0 Å². The van der Waals surface area contributed by atoms with Gasteiger partial charge in [0.25, 0.3) is 0 Å². The molecule has 0 fully saturated rings. The maximum absolute atomic E-state index is 2.33. The highest BCUT2D eigenvalue weighted by Gasteiger charge is 2.11. The Balaban J connectivity index is 1.92. The average molecular weight is 324 g/mol. The van der Waals surface area contributed by atoms with Gasteiger partial charge in [0.1, 0.15) is 0 Å². The fraction of sp³-hybridized carbons (Fsp3) is 0. The Bertz CT molecular complexity index is 823. The molecule has 102 valence electrons. The standard InChI is InChI=1S/C18H12S3/c1-4-16(19-9-1)13-7-8-14(17-5-2-10-20-17)15(12-13)18-6-3-11-21-18/h1-12H. The monoisotopic (exact) mass is 324 g/mol. The van der Waals surface area contributed by atoms with Crippen molar-refractivity contribution in [2.45, 2.75) is 0 Å². The molecule has 4 rings (SSSR count). The van der Waals surface area contributed by atoms with Crippen molar-refractivity contribution in [2.75, 3.05) is 0 Å². The van der Waals surface area contributed by atoms with Gasteiger partial charge in [-0.2, -0.15) is 0 Å². The molecule has 3 heteroatoms.